The van der Waals surface area contributed by atoms with Gasteiger partial charge in [0.05, 0.1) is 0 Å². The number of hydrogen-bond donors (Lipinski definition) is 1. The largest absolute Gasteiger partial charge is 0.326 e. The van der Waals surface area contributed by atoms with Crippen molar-refractivity contribution in [3.05, 3.63) is 59.7 Å². The number of hydrogen-bond acceptors (Lipinski definition) is 2. The van der Waals surface area contributed by atoms with Crippen LogP contribution < -0.4 is 5.32 Å². The predicted molar refractivity (Wildman–Crippen MR) is 90.9 cm³/mol. The highest BCUT2D eigenvalue weighted by molar-refractivity contribution is 7.99. The molecule has 0 heterocycles. The van der Waals surface area contributed by atoms with E-state index < -0.39 is 11.6 Å². The van der Waals surface area contributed by atoms with E-state index in [4.69, 9.17) is 0 Å². The van der Waals surface area contributed by atoms with Gasteiger partial charge in [-0.2, -0.15) is 0 Å². The molecule has 2 aromatic rings. The molecule has 0 aromatic heterocycles. The fourth-order valence-corrected chi connectivity index (χ4v) is 3.03. The average molecular weight is 335 g/mol. The Morgan fingerprint density at radius 2 is 1.87 bits per heavy atom. The van der Waals surface area contributed by atoms with Crippen molar-refractivity contribution in [2.75, 3.05) is 11.1 Å². The lowest BCUT2D eigenvalue weighted by Gasteiger charge is -2.13. The maximum atomic E-state index is 13.1. The summed E-state index contributed by atoms with van der Waals surface area (Å²) in [6, 6.07) is 11.5. The summed E-state index contributed by atoms with van der Waals surface area (Å²) in [5.41, 5.74) is 1.92. The summed E-state index contributed by atoms with van der Waals surface area (Å²) >= 11 is 1.33. The number of halogens is 2. The van der Waals surface area contributed by atoms with E-state index in [1.165, 1.54) is 17.8 Å². The van der Waals surface area contributed by atoms with Crippen LogP contribution in [0.3, 0.4) is 0 Å². The monoisotopic (exact) mass is 335 g/mol. The van der Waals surface area contributed by atoms with Gasteiger partial charge in [-0.05, 0) is 35.7 Å². The molecule has 5 heteroatoms. The molecule has 2 aromatic carbocycles. The maximum absolute atomic E-state index is 13.1. The van der Waals surface area contributed by atoms with Gasteiger partial charge in [-0.25, -0.2) is 8.78 Å². The molecule has 0 aliphatic carbocycles. The maximum Gasteiger partial charge on any atom is 0.225 e. The number of anilines is 1. The van der Waals surface area contributed by atoms with E-state index in [1.54, 1.807) is 0 Å². The van der Waals surface area contributed by atoms with Crippen molar-refractivity contribution in [1.29, 1.82) is 0 Å². The molecule has 0 atom stereocenters. The Morgan fingerprint density at radius 1 is 1.13 bits per heavy atom. The number of rotatable bonds is 6. The molecular formula is C18H19F2NOS. The SMILES string of the molecule is CC(C)c1ccccc1NC(=O)CCSc1ccc(F)c(F)c1. The number of nitrogens with one attached hydrogen (secondary N) is 1. The highest BCUT2D eigenvalue weighted by Gasteiger charge is 2.09. The third kappa shape index (κ3) is 5.06. The molecule has 0 saturated carbocycles. The first-order valence-electron chi connectivity index (χ1n) is 7.44. The van der Waals surface area contributed by atoms with E-state index in [0.29, 0.717) is 23.0 Å². The summed E-state index contributed by atoms with van der Waals surface area (Å²) < 4.78 is 26.0. The zero-order valence-corrected chi connectivity index (χ0v) is 13.9. The zero-order chi connectivity index (χ0) is 16.8. The Hall–Kier alpha value is -1.88. The topological polar surface area (TPSA) is 29.1 Å². The minimum Gasteiger partial charge on any atom is -0.326 e. The van der Waals surface area contributed by atoms with Crippen molar-refractivity contribution in [2.45, 2.75) is 31.1 Å². The average Bonchev–Trinajstić information content (AvgIpc) is 2.51. The van der Waals surface area contributed by atoms with Crippen molar-refractivity contribution < 1.29 is 13.6 Å². The van der Waals surface area contributed by atoms with Crippen LogP contribution in [-0.4, -0.2) is 11.7 Å². The minimum absolute atomic E-state index is 0.0896. The normalized spacial score (nSPS) is 10.8. The molecule has 1 amide bonds. The van der Waals surface area contributed by atoms with Gasteiger partial charge in [0.25, 0.3) is 0 Å². The highest BCUT2D eigenvalue weighted by Crippen LogP contribution is 2.24. The van der Waals surface area contributed by atoms with Crippen LogP contribution in [0.1, 0.15) is 31.7 Å². The van der Waals surface area contributed by atoms with Crippen LogP contribution in [0, 0.1) is 11.6 Å². The summed E-state index contributed by atoms with van der Waals surface area (Å²) in [7, 11) is 0. The summed E-state index contributed by atoms with van der Waals surface area (Å²) in [5.74, 6) is -1.00. The second kappa shape index (κ2) is 8.11. The second-order valence-electron chi connectivity index (χ2n) is 5.46. The smallest absolute Gasteiger partial charge is 0.225 e. The summed E-state index contributed by atoms with van der Waals surface area (Å²) in [4.78, 5) is 12.7. The van der Waals surface area contributed by atoms with Crippen molar-refractivity contribution >= 4 is 23.4 Å². The van der Waals surface area contributed by atoms with Gasteiger partial charge in [0.15, 0.2) is 11.6 Å². The van der Waals surface area contributed by atoms with Gasteiger partial charge in [-0.15, -0.1) is 11.8 Å². The van der Waals surface area contributed by atoms with Gasteiger partial charge in [0.2, 0.25) is 5.91 Å². The van der Waals surface area contributed by atoms with Crippen LogP contribution in [0.15, 0.2) is 47.4 Å². The minimum atomic E-state index is -0.870. The van der Waals surface area contributed by atoms with Gasteiger partial charge < -0.3 is 5.32 Å². The first kappa shape index (κ1) is 17.5. The molecule has 0 bridgehead atoms. The lowest BCUT2D eigenvalue weighted by molar-refractivity contribution is -0.115. The van der Waals surface area contributed by atoms with Crippen LogP contribution >= 0.6 is 11.8 Å². The number of amides is 1. The van der Waals surface area contributed by atoms with E-state index in [0.717, 1.165) is 23.4 Å². The van der Waals surface area contributed by atoms with Crippen LogP contribution in [0.4, 0.5) is 14.5 Å². The Bertz CT molecular complexity index is 688. The first-order valence-corrected chi connectivity index (χ1v) is 8.42. The fourth-order valence-electron chi connectivity index (χ4n) is 2.16. The van der Waals surface area contributed by atoms with E-state index in [1.807, 2.05) is 24.3 Å². The van der Waals surface area contributed by atoms with Crippen LogP contribution in [0.2, 0.25) is 0 Å². The highest BCUT2D eigenvalue weighted by atomic mass is 32.2. The molecule has 2 rings (SSSR count). The van der Waals surface area contributed by atoms with Gasteiger partial charge in [-0.3, -0.25) is 4.79 Å². The van der Waals surface area contributed by atoms with Crippen molar-refractivity contribution in [2.24, 2.45) is 0 Å². The zero-order valence-electron chi connectivity index (χ0n) is 13.1. The number of benzene rings is 2. The Balaban J connectivity index is 1.87. The number of thioether (sulfide) groups is 1. The Labute approximate surface area is 139 Å². The number of carbonyl (C=O) groups excluding carboxylic acids is 1. The van der Waals surface area contributed by atoms with Crippen LogP contribution in [0.25, 0.3) is 0 Å². The van der Waals surface area contributed by atoms with E-state index in [9.17, 15) is 13.6 Å². The summed E-state index contributed by atoms with van der Waals surface area (Å²) in [6.45, 7) is 4.15. The van der Waals surface area contributed by atoms with Crippen molar-refractivity contribution in [3.8, 4) is 0 Å². The number of para-hydroxylation sites is 1. The van der Waals surface area contributed by atoms with Gasteiger partial charge in [0, 0.05) is 22.8 Å². The van der Waals surface area contributed by atoms with Gasteiger partial charge in [-0.1, -0.05) is 32.0 Å². The predicted octanol–water partition coefficient (Wildman–Crippen LogP) is 5.21. The molecule has 2 nitrogen and oxygen atoms in total. The van der Waals surface area contributed by atoms with Crippen LogP contribution in [-0.2, 0) is 4.79 Å². The molecule has 0 fully saturated rings. The Kier molecular flexibility index (Phi) is 6.16. The summed E-state index contributed by atoms with van der Waals surface area (Å²) in [5, 5.41) is 2.91. The summed E-state index contributed by atoms with van der Waals surface area (Å²) in [6.07, 6.45) is 0.302. The molecule has 0 spiro atoms. The first-order chi connectivity index (χ1) is 11.0. The third-order valence-electron chi connectivity index (χ3n) is 3.35. The van der Waals surface area contributed by atoms with E-state index in [2.05, 4.69) is 19.2 Å². The molecule has 0 saturated heterocycles. The third-order valence-corrected chi connectivity index (χ3v) is 4.34. The lowest BCUT2D eigenvalue weighted by Crippen LogP contribution is -2.13. The molecule has 0 aliphatic rings. The Morgan fingerprint density at radius 3 is 2.57 bits per heavy atom. The molecule has 122 valence electrons. The molecule has 23 heavy (non-hydrogen) atoms. The standard InChI is InChI=1S/C18H19F2NOS/c1-12(2)14-5-3-4-6-17(14)21-18(22)9-10-23-13-7-8-15(19)16(20)11-13/h3-8,11-12H,9-10H2,1-2H3,(H,21,22). The van der Waals surface area contributed by atoms with Crippen molar-refractivity contribution in [1.82, 2.24) is 0 Å². The van der Waals surface area contributed by atoms with E-state index in [-0.39, 0.29) is 5.91 Å². The molecular weight excluding hydrogens is 316 g/mol. The quantitative estimate of drug-likeness (QED) is 0.734. The van der Waals surface area contributed by atoms with Gasteiger partial charge in [0.1, 0.15) is 0 Å². The molecule has 0 aliphatic heterocycles. The van der Waals surface area contributed by atoms with Gasteiger partial charge >= 0.3 is 0 Å². The number of carbonyl (C=O) groups is 1. The molecule has 0 unspecified atom stereocenters. The van der Waals surface area contributed by atoms with E-state index >= 15 is 0 Å². The van der Waals surface area contributed by atoms with Crippen molar-refractivity contribution in [3.63, 3.8) is 0 Å². The second-order valence-corrected chi connectivity index (χ2v) is 6.63. The molecule has 1 N–H and O–H groups in total. The fraction of sp³-hybridized carbons (Fsp3) is 0.278. The van der Waals surface area contributed by atoms with Crippen LogP contribution in [0.5, 0.6) is 0 Å². The molecule has 0 radical (unpaired) electrons. The lowest BCUT2D eigenvalue weighted by atomic mass is 10.0.